The van der Waals surface area contributed by atoms with Gasteiger partial charge in [-0.3, -0.25) is 10.1 Å². The Balaban J connectivity index is 3.17. The van der Waals surface area contributed by atoms with Crippen LogP contribution in [0.4, 0.5) is 0 Å². The maximum atomic E-state index is 10.3. The zero-order valence-corrected chi connectivity index (χ0v) is 7.02. The van der Waals surface area contributed by atoms with E-state index in [-0.39, 0.29) is 12.2 Å². The number of aryl methyl sites for hydroxylation is 1. The molecule has 1 heterocycles. The van der Waals surface area contributed by atoms with Crippen LogP contribution in [0.1, 0.15) is 16.8 Å². The monoisotopic (exact) mass is 177 g/mol. The Hall–Kier alpha value is -1.96. The molecule has 0 aliphatic heterocycles. The molecule has 0 saturated carbocycles. The van der Waals surface area contributed by atoms with Gasteiger partial charge in [0.05, 0.1) is 5.56 Å². The topological polar surface area (TPSA) is 79.8 Å². The van der Waals surface area contributed by atoms with E-state index < -0.39 is 4.92 Å². The van der Waals surface area contributed by atoms with Gasteiger partial charge in [-0.25, -0.2) is 4.98 Å². The van der Waals surface area contributed by atoms with Gasteiger partial charge in [-0.05, 0) is 18.6 Å². The van der Waals surface area contributed by atoms with Gasteiger partial charge in [0.1, 0.15) is 11.8 Å². The molecule has 0 aromatic carbocycles. The summed E-state index contributed by atoms with van der Waals surface area (Å²) in [7, 11) is 0. The molecule has 0 bridgehead atoms. The molecule has 5 heteroatoms. The first kappa shape index (κ1) is 9.13. The minimum Gasteiger partial charge on any atom is -0.264 e. The maximum absolute atomic E-state index is 10.3. The lowest BCUT2D eigenvalue weighted by Crippen LogP contribution is -2.04. The van der Waals surface area contributed by atoms with Crippen LogP contribution >= 0.6 is 0 Å². The van der Waals surface area contributed by atoms with Crippen LogP contribution in [0.3, 0.4) is 0 Å². The summed E-state index contributed by atoms with van der Waals surface area (Å²) in [6.07, 6.45) is 1.47. The lowest BCUT2D eigenvalue weighted by Gasteiger charge is -2.00. The summed E-state index contributed by atoms with van der Waals surface area (Å²) in [5, 5.41) is 18.9. The molecule has 0 amide bonds. The van der Waals surface area contributed by atoms with Gasteiger partial charge in [-0.15, -0.1) is 0 Å². The second kappa shape index (κ2) is 3.63. The second-order valence-electron chi connectivity index (χ2n) is 2.56. The standard InChI is InChI=1S/C8H7N3O2/c1-6-2-3-10-8(4-9)7(6)5-11(12)13/h2-3H,5H2,1H3. The molecule has 0 fully saturated rings. The lowest BCUT2D eigenvalue weighted by atomic mass is 10.1. The van der Waals surface area contributed by atoms with Crippen molar-refractivity contribution in [2.45, 2.75) is 13.5 Å². The molecule has 5 nitrogen and oxygen atoms in total. The van der Waals surface area contributed by atoms with Crippen molar-refractivity contribution in [1.29, 1.82) is 5.26 Å². The number of pyridine rings is 1. The fourth-order valence-electron chi connectivity index (χ4n) is 1.01. The van der Waals surface area contributed by atoms with Gasteiger partial charge in [0.15, 0.2) is 0 Å². The predicted molar refractivity (Wildman–Crippen MR) is 44.4 cm³/mol. The maximum Gasteiger partial charge on any atom is 0.231 e. The van der Waals surface area contributed by atoms with Crippen LogP contribution in [0.2, 0.25) is 0 Å². The predicted octanol–water partition coefficient (Wildman–Crippen LogP) is 1.04. The molecular formula is C8H7N3O2. The van der Waals surface area contributed by atoms with Crippen molar-refractivity contribution in [3.05, 3.63) is 39.2 Å². The largest absolute Gasteiger partial charge is 0.264 e. The Labute approximate surface area is 74.8 Å². The third kappa shape index (κ3) is 1.99. The molecule has 0 atom stereocenters. The van der Waals surface area contributed by atoms with E-state index in [9.17, 15) is 10.1 Å². The van der Waals surface area contributed by atoms with E-state index in [2.05, 4.69) is 4.98 Å². The number of nitrogens with zero attached hydrogens (tertiary/aromatic N) is 3. The van der Waals surface area contributed by atoms with Crippen molar-refractivity contribution in [1.82, 2.24) is 4.98 Å². The van der Waals surface area contributed by atoms with Gasteiger partial charge in [0.25, 0.3) is 0 Å². The molecule has 1 aromatic rings. The summed E-state index contributed by atoms with van der Waals surface area (Å²) < 4.78 is 0. The molecule has 66 valence electrons. The van der Waals surface area contributed by atoms with Crippen LogP contribution in [0.5, 0.6) is 0 Å². The summed E-state index contributed by atoms with van der Waals surface area (Å²) in [6, 6.07) is 3.48. The van der Waals surface area contributed by atoms with Crippen LogP contribution in [-0.2, 0) is 6.54 Å². The van der Waals surface area contributed by atoms with Gasteiger partial charge in [0.2, 0.25) is 6.54 Å². The average molecular weight is 177 g/mol. The first-order valence-electron chi connectivity index (χ1n) is 3.61. The summed E-state index contributed by atoms with van der Waals surface area (Å²) in [5.41, 5.74) is 1.26. The van der Waals surface area contributed by atoms with E-state index in [0.29, 0.717) is 5.56 Å². The summed E-state index contributed by atoms with van der Waals surface area (Å²) in [4.78, 5) is 13.5. The van der Waals surface area contributed by atoms with E-state index in [0.717, 1.165) is 5.56 Å². The lowest BCUT2D eigenvalue weighted by molar-refractivity contribution is -0.497. The zero-order valence-electron chi connectivity index (χ0n) is 7.02. The van der Waals surface area contributed by atoms with Crippen LogP contribution < -0.4 is 0 Å². The van der Waals surface area contributed by atoms with Gasteiger partial charge < -0.3 is 0 Å². The smallest absolute Gasteiger partial charge is 0.231 e. The van der Waals surface area contributed by atoms with E-state index >= 15 is 0 Å². The highest BCUT2D eigenvalue weighted by Crippen LogP contribution is 2.11. The first-order chi connectivity index (χ1) is 6.15. The Kier molecular flexibility index (Phi) is 2.55. The normalized spacial score (nSPS) is 9.23. The molecule has 0 radical (unpaired) electrons. The number of hydrogen-bond donors (Lipinski definition) is 0. The SMILES string of the molecule is Cc1ccnc(C#N)c1C[N+](=O)[O-]. The van der Waals surface area contributed by atoms with E-state index in [1.807, 2.05) is 6.07 Å². The van der Waals surface area contributed by atoms with Crippen LogP contribution in [0.15, 0.2) is 12.3 Å². The van der Waals surface area contributed by atoms with E-state index in [1.165, 1.54) is 6.20 Å². The number of aromatic nitrogens is 1. The molecule has 0 unspecified atom stereocenters. The van der Waals surface area contributed by atoms with Gasteiger partial charge >= 0.3 is 0 Å². The molecule has 1 aromatic heterocycles. The van der Waals surface area contributed by atoms with Crippen molar-refractivity contribution in [3.63, 3.8) is 0 Å². The highest BCUT2D eigenvalue weighted by molar-refractivity contribution is 5.35. The summed E-state index contributed by atoms with van der Waals surface area (Å²) in [6.45, 7) is 1.38. The van der Waals surface area contributed by atoms with E-state index in [1.54, 1.807) is 13.0 Å². The molecule has 1 rings (SSSR count). The third-order valence-corrected chi connectivity index (χ3v) is 1.68. The molecule has 0 saturated heterocycles. The van der Waals surface area contributed by atoms with Gasteiger partial charge in [0, 0.05) is 11.1 Å². The molecule has 0 aliphatic carbocycles. The van der Waals surface area contributed by atoms with Crippen molar-refractivity contribution >= 4 is 0 Å². The Bertz CT molecular complexity index is 381. The third-order valence-electron chi connectivity index (χ3n) is 1.68. The zero-order chi connectivity index (χ0) is 9.84. The van der Waals surface area contributed by atoms with E-state index in [4.69, 9.17) is 5.26 Å². The van der Waals surface area contributed by atoms with Crippen LogP contribution in [0, 0.1) is 28.4 Å². The van der Waals surface area contributed by atoms with Crippen molar-refractivity contribution in [2.75, 3.05) is 0 Å². The minimum absolute atomic E-state index is 0.136. The Morgan fingerprint density at radius 1 is 1.77 bits per heavy atom. The molecule has 0 spiro atoms. The average Bonchev–Trinajstić information content (AvgIpc) is 2.08. The number of nitriles is 1. The highest BCUT2D eigenvalue weighted by Gasteiger charge is 2.11. The summed E-state index contributed by atoms with van der Waals surface area (Å²) >= 11 is 0. The Morgan fingerprint density at radius 2 is 2.46 bits per heavy atom. The molecule has 0 aliphatic rings. The van der Waals surface area contributed by atoms with Crippen molar-refractivity contribution in [2.24, 2.45) is 0 Å². The van der Waals surface area contributed by atoms with Gasteiger partial charge in [-0.1, -0.05) is 0 Å². The highest BCUT2D eigenvalue weighted by atomic mass is 16.6. The van der Waals surface area contributed by atoms with Crippen LogP contribution in [-0.4, -0.2) is 9.91 Å². The number of nitro groups is 1. The molecular weight excluding hydrogens is 170 g/mol. The van der Waals surface area contributed by atoms with Crippen molar-refractivity contribution in [3.8, 4) is 6.07 Å². The minimum atomic E-state index is -0.467. The molecule has 0 N–H and O–H groups in total. The number of hydrogen-bond acceptors (Lipinski definition) is 4. The Morgan fingerprint density at radius 3 is 3.00 bits per heavy atom. The number of rotatable bonds is 2. The fraction of sp³-hybridized carbons (Fsp3) is 0.250. The van der Waals surface area contributed by atoms with Crippen molar-refractivity contribution < 1.29 is 4.92 Å². The first-order valence-corrected chi connectivity index (χ1v) is 3.61. The second-order valence-corrected chi connectivity index (χ2v) is 2.56. The van der Waals surface area contributed by atoms with Gasteiger partial charge in [-0.2, -0.15) is 5.26 Å². The fourth-order valence-corrected chi connectivity index (χ4v) is 1.01. The quantitative estimate of drug-likeness (QED) is 0.499. The van der Waals surface area contributed by atoms with Crippen LogP contribution in [0.25, 0.3) is 0 Å². The molecule has 13 heavy (non-hydrogen) atoms. The summed E-state index contributed by atoms with van der Waals surface area (Å²) in [5.74, 6) is 0.